The molecule has 2 rings (SSSR count). The maximum absolute atomic E-state index is 12.1. The molecule has 2 aromatic carbocycles. The number of hydrogen-bond donors (Lipinski definition) is 3. The number of anilines is 1. The SMILES string of the molecule is CC(C)C(=O)Nc1ccc(C(=O)N/N=C/c2cc([N+](=O)[O-])ccc2O)cc1. The van der Waals surface area contributed by atoms with Gasteiger partial charge >= 0.3 is 0 Å². The molecule has 0 bridgehead atoms. The molecule has 0 saturated heterocycles. The van der Waals surface area contributed by atoms with E-state index >= 15 is 0 Å². The number of hydrogen-bond acceptors (Lipinski definition) is 6. The lowest BCUT2D eigenvalue weighted by Gasteiger charge is -2.08. The van der Waals surface area contributed by atoms with Crippen LogP contribution in [0.3, 0.4) is 0 Å². The third-order valence-electron chi connectivity index (χ3n) is 3.53. The van der Waals surface area contributed by atoms with Crippen molar-refractivity contribution in [2.75, 3.05) is 5.32 Å². The van der Waals surface area contributed by atoms with Gasteiger partial charge in [0.25, 0.3) is 11.6 Å². The van der Waals surface area contributed by atoms with Crippen LogP contribution in [-0.2, 0) is 4.79 Å². The number of nitro benzene ring substituents is 1. The van der Waals surface area contributed by atoms with E-state index in [1.54, 1.807) is 26.0 Å². The third kappa shape index (κ3) is 5.36. The predicted octanol–water partition coefficient (Wildman–Crippen LogP) is 2.66. The minimum absolute atomic E-state index is 0.0937. The number of non-ortho nitro benzene ring substituents is 1. The first-order valence-corrected chi connectivity index (χ1v) is 7.99. The van der Waals surface area contributed by atoms with Crippen LogP contribution in [0.2, 0.25) is 0 Å². The van der Waals surface area contributed by atoms with Crippen molar-refractivity contribution < 1.29 is 19.6 Å². The lowest BCUT2D eigenvalue weighted by molar-refractivity contribution is -0.384. The number of aromatic hydroxyl groups is 1. The van der Waals surface area contributed by atoms with E-state index in [-0.39, 0.29) is 28.8 Å². The largest absolute Gasteiger partial charge is 0.507 e. The van der Waals surface area contributed by atoms with Gasteiger partial charge in [0.1, 0.15) is 5.75 Å². The predicted molar refractivity (Wildman–Crippen MR) is 99.7 cm³/mol. The number of benzene rings is 2. The van der Waals surface area contributed by atoms with Gasteiger partial charge in [-0.1, -0.05) is 13.8 Å². The second-order valence-electron chi connectivity index (χ2n) is 5.92. The molecule has 140 valence electrons. The first-order chi connectivity index (χ1) is 12.8. The maximum Gasteiger partial charge on any atom is 0.271 e. The van der Waals surface area contributed by atoms with Crippen LogP contribution in [0.15, 0.2) is 47.6 Å². The molecule has 0 aromatic heterocycles. The first kappa shape index (κ1) is 19.6. The van der Waals surface area contributed by atoms with Crippen molar-refractivity contribution in [3.8, 4) is 5.75 Å². The first-order valence-electron chi connectivity index (χ1n) is 7.99. The zero-order valence-corrected chi connectivity index (χ0v) is 14.7. The topological polar surface area (TPSA) is 134 Å². The van der Waals surface area contributed by atoms with E-state index in [0.717, 1.165) is 18.3 Å². The number of phenols is 1. The van der Waals surface area contributed by atoms with Gasteiger partial charge < -0.3 is 10.4 Å². The Morgan fingerprint density at radius 1 is 1.19 bits per heavy atom. The minimum atomic E-state index is -0.602. The summed E-state index contributed by atoms with van der Waals surface area (Å²) in [6, 6.07) is 9.68. The van der Waals surface area contributed by atoms with Gasteiger partial charge in [-0.2, -0.15) is 5.10 Å². The highest BCUT2D eigenvalue weighted by Gasteiger charge is 2.10. The van der Waals surface area contributed by atoms with Crippen LogP contribution in [0.25, 0.3) is 0 Å². The Morgan fingerprint density at radius 2 is 1.85 bits per heavy atom. The van der Waals surface area contributed by atoms with E-state index in [0.29, 0.717) is 11.3 Å². The molecule has 27 heavy (non-hydrogen) atoms. The summed E-state index contributed by atoms with van der Waals surface area (Å²) in [6.07, 6.45) is 1.11. The van der Waals surface area contributed by atoms with Crippen molar-refractivity contribution >= 4 is 29.4 Å². The monoisotopic (exact) mass is 370 g/mol. The molecule has 0 radical (unpaired) electrons. The van der Waals surface area contributed by atoms with Crippen molar-refractivity contribution in [1.29, 1.82) is 0 Å². The fourth-order valence-electron chi connectivity index (χ4n) is 1.98. The molecule has 2 amide bonds. The molecule has 2 aromatic rings. The van der Waals surface area contributed by atoms with Gasteiger partial charge in [0.05, 0.1) is 11.1 Å². The molecule has 0 saturated carbocycles. The standard InChI is InChI=1S/C18H18N4O5/c1-11(2)17(24)20-14-5-3-12(4-6-14)18(25)21-19-10-13-9-15(22(26)27)7-8-16(13)23/h3-11,23H,1-2H3,(H,20,24)(H,21,25)/b19-10+. The second kappa shape index (κ2) is 8.56. The highest BCUT2D eigenvalue weighted by Crippen LogP contribution is 2.21. The average molecular weight is 370 g/mol. The Kier molecular flexibility index (Phi) is 6.21. The Labute approximate surface area is 154 Å². The van der Waals surface area contributed by atoms with Gasteiger partial charge in [-0.15, -0.1) is 0 Å². The van der Waals surface area contributed by atoms with E-state index in [9.17, 15) is 24.8 Å². The summed E-state index contributed by atoms with van der Waals surface area (Å²) in [6.45, 7) is 3.54. The molecule has 0 fully saturated rings. The van der Waals surface area contributed by atoms with Gasteiger partial charge in [-0.3, -0.25) is 19.7 Å². The molecule has 0 aliphatic carbocycles. The van der Waals surface area contributed by atoms with Crippen LogP contribution in [0, 0.1) is 16.0 Å². The highest BCUT2D eigenvalue weighted by atomic mass is 16.6. The summed E-state index contributed by atoms with van der Waals surface area (Å²) >= 11 is 0. The highest BCUT2D eigenvalue weighted by molar-refractivity contribution is 5.96. The molecule has 9 heteroatoms. The summed E-state index contributed by atoms with van der Waals surface area (Å²) in [7, 11) is 0. The quantitative estimate of drug-likeness (QED) is 0.408. The van der Waals surface area contributed by atoms with Crippen LogP contribution in [0.5, 0.6) is 5.75 Å². The van der Waals surface area contributed by atoms with E-state index in [4.69, 9.17) is 0 Å². The number of carbonyl (C=O) groups is 2. The fourth-order valence-corrected chi connectivity index (χ4v) is 1.98. The molecule has 0 atom stereocenters. The molecule has 0 heterocycles. The summed E-state index contributed by atoms with van der Waals surface area (Å²) in [4.78, 5) is 33.8. The van der Waals surface area contributed by atoms with E-state index < -0.39 is 10.8 Å². The molecule has 0 spiro atoms. The molecule has 0 aliphatic rings. The van der Waals surface area contributed by atoms with Crippen molar-refractivity contribution in [1.82, 2.24) is 5.43 Å². The average Bonchev–Trinajstić information content (AvgIpc) is 2.63. The van der Waals surface area contributed by atoms with Crippen LogP contribution < -0.4 is 10.7 Å². The zero-order valence-electron chi connectivity index (χ0n) is 14.7. The van der Waals surface area contributed by atoms with Gasteiger partial charge in [-0.25, -0.2) is 5.43 Å². The lowest BCUT2D eigenvalue weighted by Crippen LogP contribution is -2.19. The van der Waals surface area contributed by atoms with Gasteiger partial charge in [0.2, 0.25) is 5.91 Å². The van der Waals surface area contributed by atoms with Gasteiger partial charge in [-0.05, 0) is 30.3 Å². The third-order valence-corrected chi connectivity index (χ3v) is 3.53. The number of nitrogens with one attached hydrogen (secondary N) is 2. The summed E-state index contributed by atoms with van der Waals surface area (Å²) in [5, 5.41) is 26.8. The van der Waals surface area contributed by atoms with Crippen molar-refractivity contribution in [3.05, 3.63) is 63.7 Å². The van der Waals surface area contributed by atoms with Gasteiger partial charge in [0, 0.05) is 34.9 Å². The van der Waals surface area contributed by atoms with E-state index in [2.05, 4.69) is 15.8 Å². The number of amides is 2. The smallest absolute Gasteiger partial charge is 0.271 e. The van der Waals surface area contributed by atoms with E-state index in [1.807, 2.05) is 0 Å². The number of nitro groups is 1. The molecule has 0 unspecified atom stereocenters. The van der Waals surface area contributed by atoms with Crippen molar-refractivity contribution in [2.24, 2.45) is 11.0 Å². The number of rotatable bonds is 6. The molecule has 3 N–H and O–H groups in total. The summed E-state index contributed by atoms with van der Waals surface area (Å²) < 4.78 is 0. The Balaban J connectivity index is 2.01. The fraction of sp³-hybridized carbons (Fsp3) is 0.167. The van der Waals surface area contributed by atoms with Crippen molar-refractivity contribution in [2.45, 2.75) is 13.8 Å². The van der Waals surface area contributed by atoms with Crippen LogP contribution in [-0.4, -0.2) is 28.1 Å². The van der Waals surface area contributed by atoms with Crippen LogP contribution >= 0.6 is 0 Å². The molecule has 9 nitrogen and oxygen atoms in total. The lowest BCUT2D eigenvalue weighted by atomic mass is 10.1. The van der Waals surface area contributed by atoms with E-state index in [1.165, 1.54) is 18.2 Å². The van der Waals surface area contributed by atoms with Crippen LogP contribution in [0.1, 0.15) is 29.8 Å². The Bertz CT molecular complexity index is 891. The summed E-state index contributed by atoms with van der Waals surface area (Å²) in [5.74, 6) is -1.01. The molecular formula is C18H18N4O5. The number of hydrazone groups is 1. The minimum Gasteiger partial charge on any atom is -0.507 e. The number of phenolic OH excluding ortho intramolecular Hbond substituents is 1. The zero-order chi connectivity index (χ0) is 20.0. The van der Waals surface area contributed by atoms with Crippen LogP contribution in [0.4, 0.5) is 11.4 Å². The summed E-state index contributed by atoms with van der Waals surface area (Å²) in [5.41, 5.74) is 3.02. The van der Waals surface area contributed by atoms with Gasteiger partial charge in [0.15, 0.2) is 0 Å². The van der Waals surface area contributed by atoms with Crippen molar-refractivity contribution in [3.63, 3.8) is 0 Å². The second-order valence-corrected chi connectivity index (χ2v) is 5.92. The normalized spacial score (nSPS) is 10.8. The Hall–Kier alpha value is -3.75. The maximum atomic E-state index is 12.1. The molecule has 0 aliphatic heterocycles. The molecular weight excluding hydrogens is 352 g/mol. The number of nitrogens with zero attached hydrogens (tertiary/aromatic N) is 2. The Morgan fingerprint density at radius 3 is 2.44 bits per heavy atom. The number of carbonyl (C=O) groups excluding carboxylic acids is 2.